The molecule has 3 aromatic rings. The lowest BCUT2D eigenvalue weighted by atomic mass is 10.1. The zero-order chi connectivity index (χ0) is 28.4. The molecule has 0 atom stereocenters. The molecule has 1 amide bonds. The molecule has 0 saturated heterocycles. The molecule has 3 rings (SSSR count). The van der Waals surface area contributed by atoms with Crippen LogP contribution in [0.25, 0.3) is 0 Å². The van der Waals surface area contributed by atoms with Gasteiger partial charge in [-0.3, -0.25) is 4.79 Å². The highest BCUT2D eigenvalue weighted by molar-refractivity contribution is 5.94. The summed E-state index contributed by atoms with van der Waals surface area (Å²) in [5.74, 6) is 2.75. The van der Waals surface area contributed by atoms with Crippen molar-refractivity contribution in [3.05, 3.63) is 65.7 Å². The van der Waals surface area contributed by atoms with Crippen LogP contribution in [0.2, 0.25) is 0 Å². The number of aromatic nitrogens is 3. The van der Waals surface area contributed by atoms with Gasteiger partial charge in [-0.2, -0.15) is 15.0 Å². The molecular weight excluding hydrogens is 510 g/mol. The fraction of sp³-hybridized carbons (Fsp3) is 0.448. The zero-order valence-electron chi connectivity index (χ0n) is 23.6. The standard InChI is InChI=1S/C29H41N7O4/c1-22(2)13-14-31-27-34-28(36-29(35-27)33-21-23-9-11-25(38-3)12-10-23)32-16-18-40-20-19-39-17-15-30-26(37)24-7-5-4-6-8-24/h4-12,22H,13-21H2,1-3H3,(H,30,37)(H3,31,32,33,34,35,36). The molecular formula is C29H41N7O4. The Bertz CT molecular complexity index is 1130. The maximum absolute atomic E-state index is 12.0. The van der Waals surface area contributed by atoms with Gasteiger partial charge in [0.2, 0.25) is 17.8 Å². The van der Waals surface area contributed by atoms with Crippen molar-refractivity contribution in [3.63, 3.8) is 0 Å². The van der Waals surface area contributed by atoms with Crippen LogP contribution in [0.15, 0.2) is 54.6 Å². The Morgan fingerprint density at radius 1 is 0.750 bits per heavy atom. The minimum absolute atomic E-state index is 0.109. The first-order valence-electron chi connectivity index (χ1n) is 13.6. The van der Waals surface area contributed by atoms with E-state index in [0.717, 1.165) is 24.3 Å². The van der Waals surface area contributed by atoms with Crippen molar-refractivity contribution in [1.29, 1.82) is 0 Å². The Hall–Kier alpha value is -3.96. The van der Waals surface area contributed by atoms with E-state index in [1.807, 2.05) is 42.5 Å². The first kappa shape index (κ1) is 30.6. The molecule has 0 saturated carbocycles. The third-order valence-corrected chi connectivity index (χ3v) is 5.72. The number of hydrogen-bond acceptors (Lipinski definition) is 10. The van der Waals surface area contributed by atoms with Crippen molar-refractivity contribution in [2.24, 2.45) is 5.92 Å². The van der Waals surface area contributed by atoms with E-state index in [9.17, 15) is 4.79 Å². The number of nitrogens with one attached hydrogen (secondary N) is 4. The summed E-state index contributed by atoms with van der Waals surface area (Å²) in [7, 11) is 1.65. The smallest absolute Gasteiger partial charge is 0.251 e. The Kier molecular flexibility index (Phi) is 13.4. The number of benzene rings is 2. The Balaban J connectivity index is 1.36. The van der Waals surface area contributed by atoms with E-state index in [-0.39, 0.29) is 5.91 Å². The molecule has 0 bridgehead atoms. The normalized spacial score (nSPS) is 10.8. The van der Waals surface area contributed by atoms with Gasteiger partial charge in [0.05, 0.1) is 33.5 Å². The highest BCUT2D eigenvalue weighted by atomic mass is 16.5. The number of amides is 1. The van der Waals surface area contributed by atoms with Gasteiger partial charge in [-0.15, -0.1) is 0 Å². The third-order valence-electron chi connectivity index (χ3n) is 5.72. The summed E-state index contributed by atoms with van der Waals surface area (Å²) in [4.78, 5) is 25.5. The summed E-state index contributed by atoms with van der Waals surface area (Å²) in [5.41, 5.74) is 1.72. The number of anilines is 3. The highest BCUT2D eigenvalue weighted by Crippen LogP contribution is 2.14. The topological polar surface area (TPSA) is 132 Å². The molecule has 0 aliphatic carbocycles. The Morgan fingerprint density at radius 3 is 1.98 bits per heavy atom. The maximum Gasteiger partial charge on any atom is 0.251 e. The molecule has 0 fully saturated rings. The minimum atomic E-state index is -0.109. The molecule has 40 heavy (non-hydrogen) atoms. The molecule has 11 nitrogen and oxygen atoms in total. The molecule has 0 unspecified atom stereocenters. The van der Waals surface area contributed by atoms with Crippen molar-refractivity contribution in [1.82, 2.24) is 20.3 Å². The first-order valence-corrected chi connectivity index (χ1v) is 13.6. The monoisotopic (exact) mass is 551 g/mol. The first-order chi connectivity index (χ1) is 19.5. The number of methoxy groups -OCH3 is 1. The van der Waals surface area contributed by atoms with E-state index in [1.165, 1.54) is 0 Å². The van der Waals surface area contributed by atoms with Crippen LogP contribution in [-0.4, -0.2) is 74.0 Å². The van der Waals surface area contributed by atoms with E-state index in [2.05, 4.69) is 50.1 Å². The number of rotatable bonds is 19. The van der Waals surface area contributed by atoms with Gasteiger partial charge in [0.1, 0.15) is 5.75 Å². The fourth-order valence-corrected chi connectivity index (χ4v) is 3.50. The average molecular weight is 552 g/mol. The van der Waals surface area contributed by atoms with Gasteiger partial charge in [0, 0.05) is 31.7 Å². The summed E-state index contributed by atoms with van der Waals surface area (Å²) in [5, 5.41) is 12.6. The molecule has 0 aliphatic heterocycles. The van der Waals surface area contributed by atoms with E-state index >= 15 is 0 Å². The lowest BCUT2D eigenvalue weighted by Crippen LogP contribution is -2.27. The lowest BCUT2D eigenvalue weighted by molar-refractivity contribution is 0.0519. The van der Waals surface area contributed by atoms with Crippen molar-refractivity contribution in [2.45, 2.75) is 26.8 Å². The van der Waals surface area contributed by atoms with Crippen LogP contribution in [0.1, 0.15) is 36.2 Å². The Labute approximate surface area is 236 Å². The number of carbonyl (C=O) groups excluding carboxylic acids is 1. The Morgan fingerprint density at radius 2 is 1.35 bits per heavy atom. The predicted octanol–water partition coefficient (Wildman–Crippen LogP) is 3.83. The molecule has 0 spiro atoms. The molecule has 0 aliphatic rings. The van der Waals surface area contributed by atoms with Crippen molar-refractivity contribution >= 4 is 23.8 Å². The van der Waals surface area contributed by atoms with Crippen LogP contribution < -0.4 is 26.0 Å². The zero-order valence-corrected chi connectivity index (χ0v) is 23.6. The van der Waals surface area contributed by atoms with Crippen molar-refractivity contribution in [2.75, 3.05) is 69.1 Å². The van der Waals surface area contributed by atoms with Gasteiger partial charge in [0.15, 0.2) is 0 Å². The SMILES string of the molecule is COc1ccc(CNc2nc(NCCOCCOCCNC(=O)c3ccccc3)nc(NCCC(C)C)n2)cc1. The van der Waals surface area contributed by atoms with Crippen LogP contribution in [0.3, 0.4) is 0 Å². The molecule has 2 aromatic carbocycles. The van der Waals surface area contributed by atoms with E-state index in [0.29, 0.717) is 75.4 Å². The van der Waals surface area contributed by atoms with Crippen molar-refractivity contribution in [3.8, 4) is 5.75 Å². The van der Waals surface area contributed by atoms with Gasteiger partial charge >= 0.3 is 0 Å². The van der Waals surface area contributed by atoms with Crippen LogP contribution in [0, 0.1) is 5.92 Å². The molecule has 11 heteroatoms. The second kappa shape index (κ2) is 17.6. The summed E-state index contributed by atoms with van der Waals surface area (Å²) in [6.07, 6.45) is 1.01. The minimum Gasteiger partial charge on any atom is -0.497 e. The summed E-state index contributed by atoms with van der Waals surface area (Å²) in [6, 6.07) is 16.9. The lowest BCUT2D eigenvalue weighted by Gasteiger charge is -2.12. The fourth-order valence-electron chi connectivity index (χ4n) is 3.50. The quantitative estimate of drug-likeness (QED) is 0.163. The van der Waals surface area contributed by atoms with Crippen molar-refractivity contribution < 1.29 is 19.0 Å². The van der Waals surface area contributed by atoms with Gasteiger partial charge in [0.25, 0.3) is 5.91 Å². The van der Waals surface area contributed by atoms with Crippen LogP contribution in [-0.2, 0) is 16.0 Å². The number of hydrogen-bond donors (Lipinski definition) is 4. The van der Waals surface area contributed by atoms with Gasteiger partial charge in [-0.05, 0) is 42.2 Å². The molecule has 216 valence electrons. The van der Waals surface area contributed by atoms with E-state index in [1.54, 1.807) is 19.2 Å². The predicted molar refractivity (Wildman–Crippen MR) is 157 cm³/mol. The summed E-state index contributed by atoms with van der Waals surface area (Å²) >= 11 is 0. The molecule has 0 radical (unpaired) electrons. The maximum atomic E-state index is 12.0. The van der Waals surface area contributed by atoms with Gasteiger partial charge < -0.3 is 35.5 Å². The second-order valence-corrected chi connectivity index (χ2v) is 9.39. The molecule has 1 aromatic heterocycles. The van der Waals surface area contributed by atoms with Crippen LogP contribution in [0.5, 0.6) is 5.75 Å². The van der Waals surface area contributed by atoms with Crippen LogP contribution >= 0.6 is 0 Å². The second-order valence-electron chi connectivity index (χ2n) is 9.39. The van der Waals surface area contributed by atoms with Gasteiger partial charge in [-0.1, -0.05) is 44.2 Å². The van der Waals surface area contributed by atoms with E-state index < -0.39 is 0 Å². The number of nitrogens with zero attached hydrogens (tertiary/aromatic N) is 3. The van der Waals surface area contributed by atoms with Gasteiger partial charge in [-0.25, -0.2) is 0 Å². The molecule has 4 N–H and O–H groups in total. The summed E-state index contributed by atoms with van der Waals surface area (Å²) < 4.78 is 16.4. The van der Waals surface area contributed by atoms with Crippen LogP contribution in [0.4, 0.5) is 17.8 Å². The highest BCUT2D eigenvalue weighted by Gasteiger charge is 2.08. The largest absolute Gasteiger partial charge is 0.497 e. The number of carbonyl (C=O) groups is 1. The van der Waals surface area contributed by atoms with E-state index in [4.69, 9.17) is 14.2 Å². The number of ether oxygens (including phenoxy) is 3. The third kappa shape index (κ3) is 11.8. The summed E-state index contributed by atoms with van der Waals surface area (Å²) in [6.45, 7) is 8.44. The molecule has 1 heterocycles. The average Bonchev–Trinajstić information content (AvgIpc) is 2.97.